The van der Waals surface area contributed by atoms with E-state index in [4.69, 9.17) is 11.5 Å². The molecule has 13 heteroatoms. The number of nitrogens with zero attached hydrogens (tertiary/aromatic N) is 2. The Hall–Kier alpha value is -3.74. The van der Waals surface area contributed by atoms with Crippen molar-refractivity contribution in [1.82, 2.24) is 9.88 Å². The van der Waals surface area contributed by atoms with E-state index in [1.807, 2.05) is 0 Å². The number of anilines is 1. The Morgan fingerprint density at radius 1 is 1.25 bits per heavy atom. The van der Waals surface area contributed by atoms with Crippen LogP contribution >= 0.6 is 0 Å². The number of amides is 1. The number of aliphatic imine (C=N–C) groups is 1. The molecule has 0 radical (unpaired) electrons. The Bertz CT molecular complexity index is 1160. The average Bonchev–Trinajstić information content (AvgIpc) is 2.73. The number of aldehydes is 1. The van der Waals surface area contributed by atoms with Crippen molar-refractivity contribution >= 4 is 33.9 Å². The fraction of sp³-hybridized carbons (Fsp3) is 0.263. The molecule has 11 nitrogen and oxygen atoms in total. The molecule has 2 aromatic rings. The SMILES string of the molecule is NC(N)=NCCCC(C=O)NC(=O)Cn1cccc(NS(=O)(=O)c2cccc(F)c2)c1=O. The van der Waals surface area contributed by atoms with Crippen LogP contribution in [-0.4, -0.2) is 43.7 Å². The van der Waals surface area contributed by atoms with Gasteiger partial charge in [0.1, 0.15) is 24.3 Å². The van der Waals surface area contributed by atoms with E-state index in [9.17, 15) is 27.2 Å². The van der Waals surface area contributed by atoms with Crippen LogP contribution in [0.4, 0.5) is 10.1 Å². The number of carbonyl (C=O) groups is 2. The van der Waals surface area contributed by atoms with Crippen LogP contribution in [0.25, 0.3) is 0 Å². The van der Waals surface area contributed by atoms with Crippen LogP contribution in [0.15, 0.2) is 57.3 Å². The summed E-state index contributed by atoms with van der Waals surface area (Å²) in [6.45, 7) is -0.165. The highest BCUT2D eigenvalue weighted by Crippen LogP contribution is 2.14. The van der Waals surface area contributed by atoms with Crippen molar-refractivity contribution in [2.75, 3.05) is 11.3 Å². The molecule has 0 saturated heterocycles. The molecule has 172 valence electrons. The second-order valence-electron chi connectivity index (χ2n) is 6.68. The second-order valence-corrected chi connectivity index (χ2v) is 8.36. The first-order valence-electron chi connectivity index (χ1n) is 9.40. The molecule has 0 fully saturated rings. The van der Waals surface area contributed by atoms with Crippen LogP contribution in [0.1, 0.15) is 12.8 Å². The van der Waals surface area contributed by atoms with Gasteiger partial charge in [-0.1, -0.05) is 6.07 Å². The first-order valence-corrected chi connectivity index (χ1v) is 10.9. The fourth-order valence-corrected chi connectivity index (χ4v) is 3.77. The van der Waals surface area contributed by atoms with E-state index in [-0.39, 0.29) is 29.5 Å². The van der Waals surface area contributed by atoms with Crippen LogP contribution in [0, 0.1) is 5.82 Å². The van der Waals surface area contributed by atoms with Gasteiger partial charge in [0.15, 0.2) is 5.96 Å². The van der Waals surface area contributed by atoms with Gasteiger partial charge in [-0.2, -0.15) is 0 Å². The van der Waals surface area contributed by atoms with Crippen molar-refractivity contribution in [3.8, 4) is 0 Å². The molecule has 0 aliphatic carbocycles. The molecule has 1 amide bonds. The number of hydrogen-bond acceptors (Lipinski definition) is 6. The number of pyridine rings is 1. The number of sulfonamides is 1. The number of rotatable bonds is 11. The molecule has 1 heterocycles. The topological polar surface area (TPSA) is 179 Å². The highest BCUT2D eigenvalue weighted by molar-refractivity contribution is 7.92. The van der Waals surface area contributed by atoms with Crippen LogP contribution in [0.2, 0.25) is 0 Å². The van der Waals surface area contributed by atoms with Gasteiger partial charge in [0.25, 0.3) is 15.6 Å². The summed E-state index contributed by atoms with van der Waals surface area (Å²) in [5.41, 5.74) is 9.30. The lowest BCUT2D eigenvalue weighted by molar-refractivity contribution is -0.124. The van der Waals surface area contributed by atoms with Crippen molar-refractivity contribution in [3.05, 3.63) is 58.8 Å². The molecular formula is C19H23FN6O5S. The van der Waals surface area contributed by atoms with Gasteiger partial charge in [-0.3, -0.25) is 19.3 Å². The molecule has 0 aliphatic rings. The molecule has 1 atom stereocenters. The number of hydrogen-bond donors (Lipinski definition) is 4. The molecule has 0 spiro atoms. The maximum atomic E-state index is 13.3. The van der Waals surface area contributed by atoms with E-state index in [0.717, 1.165) is 16.7 Å². The summed E-state index contributed by atoms with van der Waals surface area (Å²) >= 11 is 0. The smallest absolute Gasteiger partial charge is 0.275 e. The largest absolute Gasteiger partial charge is 0.370 e. The normalized spacial score (nSPS) is 11.9. The molecular weight excluding hydrogens is 443 g/mol. The molecule has 0 aliphatic heterocycles. The zero-order valence-corrected chi connectivity index (χ0v) is 17.7. The molecule has 1 aromatic carbocycles. The molecule has 1 unspecified atom stereocenters. The summed E-state index contributed by atoms with van der Waals surface area (Å²) in [4.78, 5) is 39.4. The third-order valence-electron chi connectivity index (χ3n) is 4.16. The van der Waals surface area contributed by atoms with Gasteiger partial charge in [0, 0.05) is 12.7 Å². The number of halogens is 1. The number of nitrogens with one attached hydrogen (secondary N) is 2. The molecule has 32 heavy (non-hydrogen) atoms. The van der Waals surface area contributed by atoms with Gasteiger partial charge >= 0.3 is 0 Å². The maximum absolute atomic E-state index is 13.3. The summed E-state index contributed by atoms with van der Waals surface area (Å²) in [6, 6.07) is 6.06. The van der Waals surface area contributed by atoms with Crippen LogP contribution in [-0.2, 0) is 26.2 Å². The Morgan fingerprint density at radius 3 is 2.66 bits per heavy atom. The summed E-state index contributed by atoms with van der Waals surface area (Å²) in [5, 5.41) is 2.47. The molecule has 2 rings (SSSR count). The lowest BCUT2D eigenvalue weighted by atomic mass is 10.2. The lowest BCUT2D eigenvalue weighted by Gasteiger charge is -2.14. The minimum Gasteiger partial charge on any atom is -0.370 e. The predicted molar refractivity (Wildman–Crippen MR) is 116 cm³/mol. The lowest BCUT2D eigenvalue weighted by Crippen LogP contribution is -2.40. The third kappa shape index (κ3) is 7.19. The summed E-state index contributed by atoms with van der Waals surface area (Å²) in [6.07, 6.45) is 2.57. The highest BCUT2D eigenvalue weighted by Gasteiger charge is 2.18. The number of nitrogens with two attached hydrogens (primary N) is 2. The van der Waals surface area contributed by atoms with Crippen LogP contribution in [0.3, 0.4) is 0 Å². The highest BCUT2D eigenvalue weighted by atomic mass is 32.2. The standard InChI is InChI=1S/C19H23FN6O5S/c20-13-4-1-6-15(10-13)32(30,31)25-16-7-3-9-26(18(16)29)11-17(28)24-14(12-27)5-2-8-23-19(21)22/h1,3-4,6-7,9-10,12,14,25H,2,5,8,11H2,(H,24,28)(H4,21,22,23). The molecule has 6 N–H and O–H groups in total. The summed E-state index contributed by atoms with van der Waals surface area (Å²) < 4.78 is 41.3. The first-order chi connectivity index (χ1) is 15.1. The average molecular weight is 466 g/mol. The quantitative estimate of drug-likeness (QED) is 0.149. The fourth-order valence-electron chi connectivity index (χ4n) is 2.68. The Kier molecular flexibility index (Phi) is 8.46. The summed E-state index contributed by atoms with van der Waals surface area (Å²) in [5.74, 6) is -1.46. The van der Waals surface area contributed by atoms with E-state index in [1.165, 1.54) is 30.5 Å². The molecule has 1 aromatic heterocycles. The van der Waals surface area contributed by atoms with Crippen LogP contribution < -0.4 is 27.1 Å². The monoisotopic (exact) mass is 466 g/mol. The number of guanidine groups is 1. The van der Waals surface area contributed by atoms with Crippen LogP contribution in [0.5, 0.6) is 0 Å². The summed E-state index contributed by atoms with van der Waals surface area (Å²) in [7, 11) is -4.22. The Balaban J connectivity index is 2.07. The van der Waals surface area contributed by atoms with Gasteiger partial charge in [0.2, 0.25) is 5.91 Å². The van der Waals surface area contributed by atoms with Gasteiger partial charge in [-0.15, -0.1) is 0 Å². The zero-order chi connectivity index (χ0) is 23.7. The number of aromatic nitrogens is 1. The van der Waals surface area contributed by atoms with E-state index in [0.29, 0.717) is 12.7 Å². The third-order valence-corrected chi connectivity index (χ3v) is 5.53. The molecule has 0 bridgehead atoms. The second kappa shape index (κ2) is 11.0. The minimum atomic E-state index is -4.22. The van der Waals surface area contributed by atoms with Crippen molar-refractivity contribution in [1.29, 1.82) is 0 Å². The predicted octanol–water partition coefficient (Wildman–Crippen LogP) is -0.474. The van der Waals surface area contributed by atoms with Crippen molar-refractivity contribution in [2.24, 2.45) is 16.5 Å². The van der Waals surface area contributed by atoms with Gasteiger partial charge in [-0.05, 0) is 43.2 Å². The van der Waals surface area contributed by atoms with Gasteiger partial charge < -0.3 is 26.1 Å². The minimum absolute atomic E-state index is 0.0797. The van der Waals surface area contributed by atoms with Crippen molar-refractivity contribution < 1.29 is 22.4 Å². The van der Waals surface area contributed by atoms with E-state index < -0.39 is 39.9 Å². The zero-order valence-electron chi connectivity index (χ0n) is 16.9. The van der Waals surface area contributed by atoms with Gasteiger partial charge in [-0.25, -0.2) is 12.8 Å². The van der Waals surface area contributed by atoms with E-state index >= 15 is 0 Å². The Labute approximate surface area is 183 Å². The number of benzene rings is 1. The maximum Gasteiger partial charge on any atom is 0.275 e. The van der Waals surface area contributed by atoms with E-state index in [2.05, 4.69) is 15.0 Å². The molecule has 0 saturated carbocycles. The number of carbonyl (C=O) groups excluding carboxylic acids is 2. The first kappa shape index (κ1) is 24.5. The van der Waals surface area contributed by atoms with Gasteiger partial charge in [0.05, 0.1) is 10.9 Å². The van der Waals surface area contributed by atoms with E-state index in [1.54, 1.807) is 0 Å². The Morgan fingerprint density at radius 2 is 2.00 bits per heavy atom. The van der Waals surface area contributed by atoms with Crippen molar-refractivity contribution in [3.63, 3.8) is 0 Å². The van der Waals surface area contributed by atoms with Crippen molar-refractivity contribution in [2.45, 2.75) is 30.3 Å².